The van der Waals surface area contributed by atoms with Crippen LogP contribution >= 0.6 is 0 Å². The van der Waals surface area contributed by atoms with Gasteiger partial charge in [0.25, 0.3) is 0 Å². The second-order valence-electron chi connectivity index (χ2n) is 9.68. The molecule has 230 valence electrons. The summed E-state index contributed by atoms with van der Waals surface area (Å²) in [6, 6.07) is 19.2. The van der Waals surface area contributed by atoms with E-state index in [1.165, 1.54) is 5.56 Å². The largest absolute Gasteiger partial charge is 0.493 e. The number of carboxylic acid groups (broad SMARTS) is 2. The summed E-state index contributed by atoms with van der Waals surface area (Å²) in [5.41, 5.74) is 4.33. The summed E-state index contributed by atoms with van der Waals surface area (Å²) in [5, 5.41) is 14.8. The number of carbonyl (C=O) groups excluding carboxylic acids is 1. The van der Waals surface area contributed by atoms with E-state index in [1.807, 2.05) is 67.6 Å². The van der Waals surface area contributed by atoms with E-state index < -0.39 is 18.0 Å². The summed E-state index contributed by atoms with van der Waals surface area (Å²) in [7, 11) is 6.54. The lowest BCUT2D eigenvalue weighted by molar-refractivity contribution is -0.159. The first-order valence-electron chi connectivity index (χ1n) is 13.5. The van der Waals surface area contributed by atoms with Gasteiger partial charge in [-0.2, -0.15) is 0 Å². The fourth-order valence-electron chi connectivity index (χ4n) is 4.95. The molecule has 1 heterocycles. The third kappa shape index (κ3) is 8.39. The average molecular weight is 596 g/mol. The van der Waals surface area contributed by atoms with Gasteiger partial charge in [0.05, 0.1) is 28.4 Å². The van der Waals surface area contributed by atoms with Crippen LogP contribution in [0.5, 0.6) is 23.0 Å². The van der Waals surface area contributed by atoms with Gasteiger partial charge in [0.15, 0.2) is 23.0 Å². The van der Waals surface area contributed by atoms with Gasteiger partial charge >= 0.3 is 17.9 Å². The van der Waals surface area contributed by atoms with E-state index in [0.29, 0.717) is 36.0 Å². The van der Waals surface area contributed by atoms with Crippen molar-refractivity contribution in [1.29, 1.82) is 0 Å². The molecule has 0 spiro atoms. The van der Waals surface area contributed by atoms with Crippen LogP contribution in [0.4, 0.5) is 0 Å². The molecule has 1 unspecified atom stereocenters. The maximum absolute atomic E-state index is 13.2. The number of aliphatic carboxylic acids is 2. The Bertz CT molecular complexity index is 1400. The maximum Gasteiger partial charge on any atom is 0.414 e. The number of nitrogens with zero attached hydrogens (tertiary/aromatic N) is 1. The lowest BCUT2D eigenvalue weighted by Crippen LogP contribution is -2.46. The molecule has 3 aromatic carbocycles. The standard InChI is InChI=1S/C30H35NO6.C2H2O4/c1-20(30(32)37-19-21-9-7-6-8-10-21)31-14-13-23-17-28(35-4)29(36-5)18-24(23)25(31)15-22-11-12-26(33-2)27(16-22)34-3;3-1(4)2(5)6/h6-12,16-18,20,25H,13-15,19H2,1-5H3;(H,3,4)(H,5,6)/t20?,25-;/m1./s1. The van der Waals surface area contributed by atoms with Crippen LogP contribution < -0.4 is 18.9 Å². The zero-order valence-electron chi connectivity index (χ0n) is 24.9. The van der Waals surface area contributed by atoms with Crippen LogP contribution in [0.15, 0.2) is 60.7 Å². The Balaban J connectivity index is 0.000000765. The van der Waals surface area contributed by atoms with Crippen LogP contribution in [0.3, 0.4) is 0 Å². The summed E-state index contributed by atoms with van der Waals surface area (Å²) in [4.78, 5) is 33.6. The predicted octanol–water partition coefficient (Wildman–Crippen LogP) is 4.15. The number of esters is 1. The first-order chi connectivity index (χ1) is 20.6. The van der Waals surface area contributed by atoms with Gasteiger partial charge < -0.3 is 33.9 Å². The highest BCUT2D eigenvalue weighted by atomic mass is 16.5. The minimum atomic E-state index is -1.82. The Labute approximate surface area is 250 Å². The molecule has 3 aromatic rings. The number of carboxylic acids is 2. The summed E-state index contributed by atoms with van der Waals surface area (Å²) in [5.74, 6) is -1.17. The first-order valence-corrected chi connectivity index (χ1v) is 13.5. The second kappa shape index (κ2) is 15.5. The monoisotopic (exact) mass is 595 g/mol. The Morgan fingerprint density at radius 3 is 1.95 bits per heavy atom. The summed E-state index contributed by atoms with van der Waals surface area (Å²) in [6.07, 6.45) is 1.45. The molecule has 4 rings (SSSR count). The fraction of sp³-hybridized carbons (Fsp3) is 0.344. The van der Waals surface area contributed by atoms with E-state index in [-0.39, 0.29) is 18.6 Å². The molecule has 11 heteroatoms. The van der Waals surface area contributed by atoms with Crippen LogP contribution in [0.25, 0.3) is 0 Å². The Hall–Kier alpha value is -4.77. The molecule has 2 N–H and O–H groups in total. The van der Waals surface area contributed by atoms with Gasteiger partial charge in [-0.25, -0.2) is 9.59 Å². The molecular weight excluding hydrogens is 558 g/mol. The van der Waals surface area contributed by atoms with E-state index in [9.17, 15) is 4.79 Å². The molecule has 0 saturated carbocycles. The number of hydrogen-bond acceptors (Lipinski definition) is 9. The van der Waals surface area contributed by atoms with Crippen molar-refractivity contribution in [2.45, 2.75) is 38.5 Å². The molecular formula is C32H37NO10. The highest BCUT2D eigenvalue weighted by Crippen LogP contribution is 2.41. The SMILES string of the molecule is COc1ccc(C[C@@H]2c3cc(OC)c(OC)cc3CCN2C(C)C(=O)OCc2ccccc2)cc1OC.O=C(O)C(=O)O. The highest BCUT2D eigenvalue weighted by Gasteiger charge is 2.35. The summed E-state index contributed by atoms with van der Waals surface area (Å²) >= 11 is 0. The number of rotatable bonds is 10. The minimum absolute atomic E-state index is 0.0825. The number of fused-ring (bicyclic) bond motifs is 1. The molecule has 2 atom stereocenters. The van der Waals surface area contributed by atoms with Crippen molar-refractivity contribution < 1.29 is 48.3 Å². The molecule has 1 aliphatic heterocycles. The molecule has 43 heavy (non-hydrogen) atoms. The average Bonchev–Trinajstić information content (AvgIpc) is 3.03. The Morgan fingerprint density at radius 2 is 1.37 bits per heavy atom. The lowest BCUT2D eigenvalue weighted by Gasteiger charge is -2.40. The highest BCUT2D eigenvalue weighted by molar-refractivity contribution is 6.27. The van der Waals surface area contributed by atoms with Gasteiger partial charge in [0.1, 0.15) is 12.6 Å². The first kappa shape index (κ1) is 32.7. The third-order valence-corrected chi connectivity index (χ3v) is 7.17. The van der Waals surface area contributed by atoms with Gasteiger partial charge in [-0.05, 0) is 66.3 Å². The van der Waals surface area contributed by atoms with E-state index >= 15 is 0 Å². The van der Waals surface area contributed by atoms with Crippen molar-refractivity contribution >= 4 is 17.9 Å². The van der Waals surface area contributed by atoms with Gasteiger partial charge in [-0.3, -0.25) is 9.69 Å². The maximum atomic E-state index is 13.2. The quantitative estimate of drug-likeness (QED) is 0.258. The molecule has 0 bridgehead atoms. The van der Waals surface area contributed by atoms with Gasteiger partial charge in [-0.15, -0.1) is 0 Å². The molecule has 1 aliphatic rings. The molecule has 0 radical (unpaired) electrons. The van der Waals surface area contributed by atoms with Gasteiger partial charge in [0, 0.05) is 12.6 Å². The summed E-state index contributed by atoms with van der Waals surface area (Å²) in [6.45, 7) is 2.88. The van der Waals surface area contributed by atoms with Crippen LogP contribution in [-0.4, -0.2) is 74.0 Å². The number of carbonyl (C=O) groups is 3. The third-order valence-electron chi connectivity index (χ3n) is 7.17. The number of benzene rings is 3. The Morgan fingerprint density at radius 1 is 0.791 bits per heavy atom. The lowest BCUT2D eigenvalue weighted by atomic mass is 9.87. The molecule has 0 amide bonds. The fourth-order valence-corrected chi connectivity index (χ4v) is 4.95. The topological polar surface area (TPSA) is 141 Å². The minimum Gasteiger partial charge on any atom is -0.493 e. The zero-order valence-corrected chi connectivity index (χ0v) is 24.9. The number of methoxy groups -OCH3 is 4. The van der Waals surface area contributed by atoms with E-state index in [1.54, 1.807) is 28.4 Å². The number of hydrogen-bond donors (Lipinski definition) is 2. The van der Waals surface area contributed by atoms with Crippen molar-refractivity contribution in [3.05, 3.63) is 82.9 Å². The van der Waals surface area contributed by atoms with E-state index in [4.69, 9.17) is 43.5 Å². The van der Waals surface area contributed by atoms with Crippen LogP contribution in [0.2, 0.25) is 0 Å². The van der Waals surface area contributed by atoms with Crippen LogP contribution in [0.1, 0.15) is 35.2 Å². The Kier molecular flexibility index (Phi) is 11.8. The van der Waals surface area contributed by atoms with Crippen LogP contribution in [0, 0.1) is 0 Å². The van der Waals surface area contributed by atoms with Crippen molar-refractivity contribution in [2.75, 3.05) is 35.0 Å². The molecule has 0 saturated heterocycles. The van der Waals surface area contributed by atoms with Crippen molar-refractivity contribution in [2.24, 2.45) is 0 Å². The normalized spacial score (nSPS) is 14.7. The van der Waals surface area contributed by atoms with Gasteiger partial charge in [-0.1, -0.05) is 36.4 Å². The predicted molar refractivity (Wildman–Crippen MR) is 157 cm³/mol. The van der Waals surface area contributed by atoms with Crippen molar-refractivity contribution in [3.63, 3.8) is 0 Å². The summed E-state index contributed by atoms with van der Waals surface area (Å²) < 4.78 is 27.9. The second-order valence-corrected chi connectivity index (χ2v) is 9.68. The van der Waals surface area contributed by atoms with Gasteiger partial charge in [0.2, 0.25) is 0 Å². The molecule has 11 nitrogen and oxygen atoms in total. The zero-order chi connectivity index (χ0) is 31.5. The van der Waals surface area contributed by atoms with Crippen LogP contribution in [-0.2, 0) is 38.6 Å². The molecule has 0 fully saturated rings. The number of ether oxygens (including phenoxy) is 5. The smallest absolute Gasteiger partial charge is 0.414 e. The molecule has 0 aromatic heterocycles. The van der Waals surface area contributed by atoms with E-state index in [0.717, 1.165) is 23.1 Å². The van der Waals surface area contributed by atoms with Crippen molar-refractivity contribution in [1.82, 2.24) is 4.90 Å². The van der Waals surface area contributed by atoms with Crippen molar-refractivity contribution in [3.8, 4) is 23.0 Å². The molecule has 0 aliphatic carbocycles. The van der Waals surface area contributed by atoms with E-state index in [2.05, 4.69) is 4.90 Å².